The molecular formula is C38H40Cl2F2N6O4. The van der Waals surface area contributed by atoms with Crippen LogP contribution in [0.2, 0.25) is 10.0 Å². The summed E-state index contributed by atoms with van der Waals surface area (Å²) in [6, 6.07) is 16.0. The smallest absolute Gasteiger partial charge is 0.387 e. The quantitative estimate of drug-likeness (QED) is 0.163. The minimum atomic E-state index is -3.04. The monoisotopic (exact) mass is 752 g/mol. The van der Waals surface area contributed by atoms with Crippen LogP contribution in [0.4, 0.5) is 8.78 Å². The first-order valence-corrected chi connectivity index (χ1v) is 17.8. The van der Waals surface area contributed by atoms with Gasteiger partial charge in [0, 0.05) is 105 Å². The number of likely N-dealkylation sites (tertiary alicyclic amines) is 2. The van der Waals surface area contributed by atoms with Crippen molar-refractivity contribution in [3.63, 3.8) is 0 Å². The van der Waals surface area contributed by atoms with E-state index >= 15 is 0 Å². The summed E-state index contributed by atoms with van der Waals surface area (Å²) < 4.78 is 37.7. The highest BCUT2D eigenvalue weighted by atomic mass is 35.5. The molecule has 0 spiro atoms. The molecule has 0 saturated carbocycles. The summed E-state index contributed by atoms with van der Waals surface area (Å²) in [6.07, 6.45) is 4.00. The van der Waals surface area contributed by atoms with Crippen LogP contribution in [0.5, 0.6) is 11.6 Å². The van der Waals surface area contributed by atoms with E-state index in [0.717, 1.165) is 18.4 Å². The molecule has 2 amide bonds. The van der Waals surface area contributed by atoms with Crippen molar-refractivity contribution in [3.8, 4) is 45.3 Å². The maximum atomic E-state index is 13.5. The molecule has 2 unspecified atom stereocenters. The number of carbonyl (C=O) groups excluding carboxylic acids is 2. The fourth-order valence-corrected chi connectivity index (χ4v) is 7.17. The summed E-state index contributed by atoms with van der Waals surface area (Å²) in [6.45, 7) is -0.977. The summed E-state index contributed by atoms with van der Waals surface area (Å²) in [5.41, 5.74) is 4.67. The Morgan fingerprint density at radius 3 is 2.10 bits per heavy atom. The number of halogens is 4. The van der Waals surface area contributed by atoms with Gasteiger partial charge in [0.25, 0.3) is 0 Å². The predicted molar refractivity (Wildman–Crippen MR) is 197 cm³/mol. The van der Waals surface area contributed by atoms with Gasteiger partial charge in [-0.05, 0) is 31.0 Å². The van der Waals surface area contributed by atoms with Gasteiger partial charge in [0.1, 0.15) is 5.75 Å². The minimum absolute atomic E-state index is 0.0129. The molecule has 0 bridgehead atoms. The Labute approximate surface area is 311 Å². The van der Waals surface area contributed by atoms with Gasteiger partial charge in [-0.15, -0.1) is 0 Å². The molecule has 4 aromatic rings. The van der Waals surface area contributed by atoms with Gasteiger partial charge in [0.2, 0.25) is 17.7 Å². The van der Waals surface area contributed by atoms with Crippen molar-refractivity contribution in [3.05, 3.63) is 82.0 Å². The fraction of sp³-hybridized carbons (Fsp3) is 0.368. The van der Waals surface area contributed by atoms with E-state index in [2.05, 4.69) is 15.6 Å². The second kappa shape index (κ2) is 16.5. The lowest BCUT2D eigenvalue weighted by Crippen LogP contribution is -2.43. The van der Waals surface area contributed by atoms with E-state index in [0.29, 0.717) is 82.6 Å². The van der Waals surface area contributed by atoms with E-state index in [-0.39, 0.29) is 41.2 Å². The third-order valence-corrected chi connectivity index (χ3v) is 10.4. The Kier molecular flexibility index (Phi) is 11.9. The van der Waals surface area contributed by atoms with Gasteiger partial charge < -0.3 is 29.9 Å². The highest BCUT2D eigenvalue weighted by Crippen LogP contribution is 2.42. The molecule has 2 aliphatic rings. The number of amides is 2. The normalized spacial score (nSPS) is 17.9. The number of aromatic nitrogens is 2. The van der Waals surface area contributed by atoms with Crippen molar-refractivity contribution in [1.82, 2.24) is 30.4 Å². The number of carbonyl (C=O) groups is 2. The second-order valence-electron chi connectivity index (χ2n) is 13.0. The summed E-state index contributed by atoms with van der Waals surface area (Å²) in [4.78, 5) is 37.0. The average Bonchev–Trinajstić information content (AvgIpc) is 3.13. The number of rotatable bonds is 12. The molecule has 2 atom stereocenters. The Hall–Kier alpha value is -4.36. The van der Waals surface area contributed by atoms with Crippen molar-refractivity contribution in [2.24, 2.45) is 0 Å². The molecule has 2 aliphatic heterocycles. The van der Waals surface area contributed by atoms with Crippen molar-refractivity contribution < 1.29 is 27.8 Å². The number of pyridine rings is 2. The lowest BCUT2D eigenvalue weighted by molar-refractivity contribution is -0.133. The number of methoxy groups -OCH3 is 1. The zero-order valence-electron chi connectivity index (χ0n) is 29.1. The fourth-order valence-electron chi connectivity index (χ4n) is 6.52. The molecule has 2 aromatic heterocycles. The molecule has 2 N–H and O–H groups in total. The van der Waals surface area contributed by atoms with Crippen LogP contribution >= 0.6 is 23.2 Å². The zero-order chi connectivity index (χ0) is 36.9. The molecule has 2 fully saturated rings. The maximum absolute atomic E-state index is 13.5. The average molecular weight is 754 g/mol. The summed E-state index contributed by atoms with van der Waals surface area (Å²) >= 11 is 14.0. The van der Waals surface area contributed by atoms with Crippen LogP contribution < -0.4 is 20.1 Å². The molecule has 0 radical (unpaired) electrons. The van der Waals surface area contributed by atoms with Crippen LogP contribution in [0.15, 0.2) is 60.8 Å². The van der Waals surface area contributed by atoms with Crippen LogP contribution in [-0.4, -0.2) is 84.6 Å². The van der Waals surface area contributed by atoms with E-state index in [1.54, 1.807) is 48.4 Å². The van der Waals surface area contributed by atoms with Gasteiger partial charge in [-0.1, -0.05) is 59.6 Å². The lowest BCUT2D eigenvalue weighted by atomic mass is 9.99. The number of hydrogen-bond donors (Lipinski definition) is 2. The second-order valence-corrected chi connectivity index (χ2v) is 13.8. The first-order valence-electron chi connectivity index (χ1n) is 17.0. The number of piperidine rings is 2. The van der Waals surface area contributed by atoms with Crippen molar-refractivity contribution in [2.75, 3.05) is 34.3 Å². The number of ether oxygens (including phenoxy) is 2. The van der Waals surface area contributed by atoms with E-state index in [4.69, 9.17) is 37.7 Å². The van der Waals surface area contributed by atoms with Crippen LogP contribution in [0, 0.1) is 0 Å². The van der Waals surface area contributed by atoms with Crippen LogP contribution in [0.1, 0.15) is 36.8 Å². The number of benzene rings is 2. The lowest BCUT2D eigenvalue weighted by Gasteiger charge is -2.29. The highest BCUT2D eigenvalue weighted by Gasteiger charge is 2.25. The largest absolute Gasteiger partial charge is 0.481 e. The van der Waals surface area contributed by atoms with E-state index in [1.165, 1.54) is 6.07 Å². The summed E-state index contributed by atoms with van der Waals surface area (Å²) in [7, 11) is 5.14. The van der Waals surface area contributed by atoms with Gasteiger partial charge in [0.05, 0.1) is 28.5 Å². The minimum Gasteiger partial charge on any atom is -0.481 e. The number of nitrogens with zero attached hydrogens (tertiary/aromatic N) is 4. The van der Waals surface area contributed by atoms with Gasteiger partial charge >= 0.3 is 6.61 Å². The van der Waals surface area contributed by atoms with E-state index < -0.39 is 6.61 Å². The number of nitrogens with one attached hydrogen (secondary N) is 2. The van der Waals surface area contributed by atoms with Crippen LogP contribution in [0.3, 0.4) is 0 Å². The highest BCUT2D eigenvalue weighted by molar-refractivity contribution is 6.39. The van der Waals surface area contributed by atoms with Gasteiger partial charge in [-0.25, -0.2) is 4.98 Å². The maximum Gasteiger partial charge on any atom is 0.387 e. The molecular weight excluding hydrogens is 713 g/mol. The Morgan fingerprint density at radius 2 is 1.46 bits per heavy atom. The predicted octanol–water partition coefficient (Wildman–Crippen LogP) is 6.82. The Morgan fingerprint density at radius 1 is 0.846 bits per heavy atom. The van der Waals surface area contributed by atoms with E-state index in [9.17, 15) is 18.4 Å². The zero-order valence-corrected chi connectivity index (χ0v) is 30.6. The summed E-state index contributed by atoms with van der Waals surface area (Å²) in [5, 5.41) is 7.44. The first kappa shape index (κ1) is 37.4. The third kappa shape index (κ3) is 8.47. The van der Waals surface area contributed by atoms with Gasteiger partial charge in [-0.2, -0.15) is 8.78 Å². The molecule has 2 aromatic carbocycles. The summed E-state index contributed by atoms with van der Waals surface area (Å²) in [5.74, 6) is 0.585. The molecule has 6 rings (SSSR count). The van der Waals surface area contributed by atoms with Crippen molar-refractivity contribution in [2.45, 2.75) is 57.5 Å². The SMILES string of the molecule is COc1nc(-c2cccc(-c3ccnc(-c4ccc(CNC5CCN(C)C(=O)C5)c(OC(F)F)c4)c3Cl)c2Cl)ccc1CNC1CCN(C)C(=O)C1. The van der Waals surface area contributed by atoms with Crippen LogP contribution in [0.25, 0.3) is 33.6 Å². The van der Waals surface area contributed by atoms with Crippen LogP contribution in [-0.2, 0) is 22.7 Å². The Balaban J connectivity index is 1.24. The first-order chi connectivity index (χ1) is 25.0. The number of alkyl halides is 2. The molecule has 0 aliphatic carbocycles. The standard InChI is InChI=1S/C38H40Cl2F2N6O4/c1-47-15-12-25(18-32(47)49)44-20-23-8-7-22(17-31(23)52-38(41)42)36-35(40)28(11-14-43-36)27-5-4-6-29(34(27)39)30-10-9-24(37(46-30)51-3)21-45-26-13-16-48(2)33(50)19-26/h4-11,14,17,25-26,38,44-45H,12-13,15-16,18-21H2,1-3H3. The molecule has 2 saturated heterocycles. The number of hydrogen-bond acceptors (Lipinski definition) is 8. The topological polar surface area (TPSA) is 109 Å². The molecule has 14 heteroatoms. The Bertz CT molecular complexity index is 1950. The van der Waals surface area contributed by atoms with Crippen molar-refractivity contribution >= 4 is 35.0 Å². The molecule has 4 heterocycles. The molecule has 52 heavy (non-hydrogen) atoms. The van der Waals surface area contributed by atoms with Crippen molar-refractivity contribution in [1.29, 1.82) is 0 Å². The third-order valence-electron chi connectivity index (χ3n) is 9.63. The molecule has 274 valence electrons. The van der Waals surface area contributed by atoms with E-state index in [1.807, 2.05) is 37.4 Å². The van der Waals surface area contributed by atoms with Gasteiger partial charge in [-0.3, -0.25) is 14.6 Å². The van der Waals surface area contributed by atoms with Gasteiger partial charge in [0.15, 0.2) is 0 Å². The molecule has 10 nitrogen and oxygen atoms in total.